The zero-order chi connectivity index (χ0) is 19.5. The van der Waals surface area contributed by atoms with Crippen molar-refractivity contribution in [2.24, 2.45) is 0 Å². The Labute approximate surface area is 170 Å². The predicted octanol–water partition coefficient (Wildman–Crippen LogP) is 2.27. The monoisotopic (exact) mass is 400 g/mol. The Balaban J connectivity index is 1.38. The number of benzene rings is 1. The molecular weight excluding hydrogens is 376 g/mol. The zero-order valence-electron chi connectivity index (χ0n) is 16.1. The minimum Gasteiger partial charge on any atom is -0.383 e. The fourth-order valence-electron chi connectivity index (χ4n) is 4.00. The smallest absolute Gasteiger partial charge is 0.241 e. The van der Waals surface area contributed by atoms with E-state index in [2.05, 4.69) is 37.2 Å². The maximum atomic E-state index is 12.9. The molecule has 3 heterocycles. The van der Waals surface area contributed by atoms with Crippen LogP contribution in [0.2, 0.25) is 5.15 Å². The van der Waals surface area contributed by atoms with Crippen molar-refractivity contribution < 1.29 is 4.79 Å². The molecule has 148 valence electrons. The number of piperazine rings is 1. The minimum absolute atomic E-state index is 0.182. The number of nitrogens with one attached hydrogen (secondary N) is 1. The highest BCUT2D eigenvalue weighted by Gasteiger charge is 2.26. The summed E-state index contributed by atoms with van der Waals surface area (Å²) in [7, 11) is 1.82. The first-order valence-electron chi connectivity index (χ1n) is 9.71. The molecule has 1 N–H and O–H groups in total. The van der Waals surface area contributed by atoms with Gasteiger partial charge in [-0.1, -0.05) is 29.8 Å². The van der Waals surface area contributed by atoms with E-state index < -0.39 is 0 Å². The van der Waals surface area contributed by atoms with Crippen molar-refractivity contribution in [1.82, 2.24) is 14.9 Å². The third-order valence-corrected chi connectivity index (χ3v) is 5.76. The van der Waals surface area contributed by atoms with E-state index in [0.29, 0.717) is 11.7 Å². The van der Waals surface area contributed by atoms with Crippen LogP contribution in [0.4, 0.5) is 17.2 Å². The summed E-state index contributed by atoms with van der Waals surface area (Å²) in [6.07, 6.45) is 3.56. The van der Waals surface area contributed by atoms with Crippen LogP contribution >= 0.6 is 11.6 Å². The number of anilines is 3. The molecular formula is C20H25ClN6O. The lowest BCUT2D eigenvalue weighted by Gasteiger charge is -2.37. The number of aromatic nitrogens is 2. The van der Waals surface area contributed by atoms with E-state index in [9.17, 15) is 4.79 Å². The van der Waals surface area contributed by atoms with Crippen molar-refractivity contribution in [2.75, 3.05) is 61.4 Å². The molecule has 2 aromatic rings. The van der Waals surface area contributed by atoms with E-state index >= 15 is 0 Å². The van der Waals surface area contributed by atoms with E-state index in [0.717, 1.165) is 62.8 Å². The first-order valence-corrected chi connectivity index (χ1v) is 10.1. The molecule has 1 saturated heterocycles. The van der Waals surface area contributed by atoms with Crippen LogP contribution in [0, 0.1) is 0 Å². The van der Waals surface area contributed by atoms with Crippen molar-refractivity contribution >= 4 is 34.7 Å². The highest BCUT2D eigenvalue weighted by atomic mass is 35.5. The zero-order valence-corrected chi connectivity index (χ0v) is 16.8. The Kier molecular flexibility index (Phi) is 5.64. The van der Waals surface area contributed by atoms with Gasteiger partial charge in [-0.2, -0.15) is 0 Å². The Morgan fingerprint density at radius 2 is 1.93 bits per heavy atom. The molecule has 0 atom stereocenters. The van der Waals surface area contributed by atoms with Gasteiger partial charge in [-0.25, -0.2) is 9.97 Å². The fourth-order valence-corrected chi connectivity index (χ4v) is 4.22. The number of hydrogen-bond acceptors (Lipinski definition) is 6. The molecule has 0 saturated carbocycles. The second-order valence-corrected chi connectivity index (χ2v) is 7.51. The molecule has 0 spiro atoms. The molecule has 1 aromatic carbocycles. The number of amides is 1. The minimum atomic E-state index is 0.182. The molecule has 1 fully saturated rings. The molecule has 2 aliphatic heterocycles. The predicted molar refractivity (Wildman–Crippen MR) is 112 cm³/mol. The molecule has 4 rings (SSSR count). The Morgan fingerprint density at radius 3 is 2.71 bits per heavy atom. The lowest BCUT2D eigenvalue weighted by Crippen LogP contribution is -2.51. The lowest BCUT2D eigenvalue weighted by atomic mass is 10.0. The number of hydrogen-bond donors (Lipinski definition) is 1. The molecule has 0 unspecified atom stereocenters. The van der Waals surface area contributed by atoms with Gasteiger partial charge in [-0.05, 0) is 24.5 Å². The normalized spacial score (nSPS) is 17.4. The van der Waals surface area contributed by atoms with Crippen molar-refractivity contribution in [1.29, 1.82) is 0 Å². The summed E-state index contributed by atoms with van der Waals surface area (Å²) in [4.78, 5) is 27.7. The SMILES string of the molecule is CNc1c(Cl)ncnc1N1CCN(CC(=O)N2CCCc3ccccc32)CC1. The first-order chi connectivity index (χ1) is 13.7. The molecule has 0 bridgehead atoms. The van der Waals surface area contributed by atoms with E-state index in [1.54, 1.807) is 0 Å². The summed E-state index contributed by atoms with van der Waals surface area (Å²) in [6, 6.07) is 8.24. The molecule has 2 aliphatic rings. The van der Waals surface area contributed by atoms with Crippen LogP contribution in [-0.4, -0.2) is 67.1 Å². The van der Waals surface area contributed by atoms with Gasteiger partial charge in [0.15, 0.2) is 11.0 Å². The van der Waals surface area contributed by atoms with E-state index in [1.165, 1.54) is 11.9 Å². The quantitative estimate of drug-likeness (QED) is 0.794. The summed E-state index contributed by atoms with van der Waals surface area (Å²) in [5, 5.41) is 3.51. The number of nitrogens with zero attached hydrogens (tertiary/aromatic N) is 5. The van der Waals surface area contributed by atoms with Crippen LogP contribution < -0.4 is 15.1 Å². The maximum absolute atomic E-state index is 12.9. The van der Waals surface area contributed by atoms with Crippen molar-refractivity contribution in [3.63, 3.8) is 0 Å². The van der Waals surface area contributed by atoms with E-state index in [1.807, 2.05) is 24.1 Å². The van der Waals surface area contributed by atoms with Crippen LogP contribution in [0.5, 0.6) is 0 Å². The van der Waals surface area contributed by atoms with Crippen LogP contribution in [0.15, 0.2) is 30.6 Å². The van der Waals surface area contributed by atoms with Crippen LogP contribution in [-0.2, 0) is 11.2 Å². The van der Waals surface area contributed by atoms with E-state index in [-0.39, 0.29) is 5.91 Å². The van der Waals surface area contributed by atoms with Gasteiger partial charge in [-0.15, -0.1) is 0 Å². The Hall–Kier alpha value is -2.38. The highest BCUT2D eigenvalue weighted by Crippen LogP contribution is 2.30. The third-order valence-electron chi connectivity index (χ3n) is 5.47. The summed E-state index contributed by atoms with van der Waals surface area (Å²) < 4.78 is 0. The molecule has 8 heteroatoms. The molecule has 7 nitrogen and oxygen atoms in total. The molecule has 1 amide bonds. The third kappa shape index (κ3) is 3.77. The molecule has 1 aromatic heterocycles. The number of carbonyl (C=O) groups is 1. The fraction of sp³-hybridized carbons (Fsp3) is 0.450. The number of halogens is 1. The van der Waals surface area contributed by atoms with Gasteiger partial charge in [0.25, 0.3) is 0 Å². The standard InChI is InChI=1S/C20H25ClN6O/c1-22-18-19(21)23-14-24-20(18)26-11-9-25(10-12-26)13-17(28)27-8-4-6-15-5-2-3-7-16(15)27/h2-3,5,7,14,22H,4,6,8-13H2,1H3. The Bertz CT molecular complexity index is 852. The largest absolute Gasteiger partial charge is 0.383 e. The number of para-hydroxylation sites is 1. The van der Waals surface area contributed by atoms with Gasteiger partial charge in [0.05, 0.1) is 6.54 Å². The van der Waals surface area contributed by atoms with Gasteiger partial charge in [0.1, 0.15) is 12.0 Å². The van der Waals surface area contributed by atoms with Crippen LogP contribution in [0.25, 0.3) is 0 Å². The van der Waals surface area contributed by atoms with Gasteiger partial charge in [0, 0.05) is 45.5 Å². The van der Waals surface area contributed by atoms with E-state index in [4.69, 9.17) is 11.6 Å². The Morgan fingerprint density at radius 1 is 1.14 bits per heavy atom. The first kappa shape index (κ1) is 19.0. The summed E-state index contributed by atoms with van der Waals surface area (Å²) in [5.41, 5.74) is 3.09. The summed E-state index contributed by atoms with van der Waals surface area (Å²) in [6.45, 7) is 4.47. The number of aryl methyl sites for hydroxylation is 1. The second kappa shape index (κ2) is 8.32. The van der Waals surface area contributed by atoms with Gasteiger partial charge in [-0.3, -0.25) is 9.69 Å². The second-order valence-electron chi connectivity index (χ2n) is 7.15. The van der Waals surface area contributed by atoms with Crippen molar-refractivity contribution in [2.45, 2.75) is 12.8 Å². The van der Waals surface area contributed by atoms with Crippen LogP contribution in [0.1, 0.15) is 12.0 Å². The molecule has 0 radical (unpaired) electrons. The molecule has 28 heavy (non-hydrogen) atoms. The summed E-state index contributed by atoms with van der Waals surface area (Å²) >= 11 is 6.17. The molecule has 0 aliphatic carbocycles. The van der Waals surface area contributed by atoms with Crippen LogP contribution in [0.3, 0.4) is 0 Å². The lowest BCUT2D eigenvalue weighted by molar-refractivity contribution is -0.119. The van der Waals surface area contributed by atoms with Gasteiger partial charge in [0.2, 0.25) is 5.91 Å². The number of fused-ring (bicyclic) bond motifs is 1. The van der Waals surface area contributed by atoms with Crippen molar-refractivity contribution in [3.05, 3.63) is 41.3 Å². The number of rotatable bonds is 4. The highest BCUT2D eigenvalue weighted by molar-refractivity contribution is 6.32. The topological polar surface area (TPSA) is 64.6 Å². The summed E-state index contributed by atoms with van der Waals surface area (Å²) in [5.74, 6) is 1.00. The van der Waals surface area contributed by atoms with Crippen molar-refractivity contribution in [3.8, 4) is 0 Å². The van der Waals surface area contributed by atoms with Gasteiger partial charge >= 0.3 is 0 Å². The van der Waals surface area contributed by atoms with Gasteiger partial charge < -0.3 is 15.1 Å². The average Bonchev–Trinajstić information content (AvgIpc) is 2.73. The maximum Gasteiger partial charge on any atom is 0.241 e. The number of carbonyl (C=O) groups excluding carboxylic acids is 1. The average molecular weight is 401 g/mol.